The van der Waals surface area contributed by atoms with Gasteiger partial charge in [0.05, 0.1) is 17.9 Å². The predicted molar refractivity (Wildman–Crippen MR) is 89.9 cm³/mol. The molecule has 0 atom stereocenters. The molecule has 0 fully saturated rings. The summed E-state index contributed by atoms with van der Waals surface area (Å²) in [5.74, 6) is -1.02. The summed E-state index contributed by atoms with van der Waals surface area (Å²) in [6, 6.07) is 9.34. The smallest absolute Gasteiger partial charge is 0.323 e. The van der Waals surface area contributed by atoms with Gasteiger partial charge >= 0.3 is 6.03 Å². The molecule has 0 aliphatic rings. The summed E-state index contributed by atoms with van der Waals surface area (Å²) in [5, 5.41) is 16.3. The fourth-order valence-corrected chi connectivity index (χ4v) is 2.19. The number of para-hydroxylation sites is 1. The molecule has 0 radical (unpaired) electrons. The Balaban J connectivity index is 2.10. The maximum Gasteiger partial charge on any atom is 0.323 e. The third-order valence-corrected chi connectivity index (χ3v) is 3.16. The molecule has 2 aromatic carbocycles. The van der Waals surface area contributed by atoms with E-state index in [1.165, 1.54) is 12.1 Å². The van der Waals surface area contributed by atoms with Gasteiger partial charge in [0.25, 0.3) is 5.91 Å². The van der Waals surface area contributed by atoms with Crippen LogP contribution in [0.5, 0.6) is 0 Å². The highest BCUT2D eigenvalue weighted by Crippen LogP contribution is 2.19. The molecule has 0 unspecified atom stereocenters. The molecular weight excluding hydrogens is 337 g/mol. The van der Waals surface area contributed by atoms with E-state index < -0.39 is 17.8 Å². The first kappa shape index (κ1) is 17.7. The highest BCUT2D eigenvalue weighted by atomic mass is 35.5. The molecule has 0 heterocycles. The maximum absolute atomic E-state index is 13.3. The molecule has 2 aromatic rings. The van der Waals surface area contributed by atoms with Crippen LogP contribution < -0.4 is 16.0 Å². The van der Waals surface area contributed by atoms with Crippen molar-refractivity contribution < 1.29 is 19.1 Å². The highest BCUT2D eigenvalue weighted by Gasteiger charge is 2.13. The van der Waals surface area contributed by atoms with Gasteiger partial charge in [-0.3, -0.25) is 4.79 Å². The van der Waals surface area contributed by atoms with E-state index >= 15 is 0 Å². The summed E-state index contributed by atoms with van der Waals surface area (Å²) < 4.78 is 13.3. The van der Waals surface area contributed by atoms with E-state index in [9.17, 15) is 14.0 Å². The zero-order valence-corrected chi connectivity index (χ0v) is 13.2. The highest BCUT2D eigenvalue weighted by molar-refractivity contribution is 6.31. The zero-order valence-electron chi connectivity index (χ0n) is 12.5. The van der Waals surface area contributed by atoms with E-state index in [1.807, 2.05) is 0 Å². The Labute approximate surface area is 142 Å². The molecule has 8 heteroatoms. The van der Waals surface area contributed by atoms with Crippen LogP contribution in [-0.2, 0) is 0 Å². The Hall–Kier alpha value is -2.64. The first-order valence-corrected chi connectivity index (χ1v) is 7.39. The van der Waals surface area contributed by atoms with Crippen molar-refractivity contribution in [1.29, 1.82) is 0 Å². The summed E-state index contributed by atoms with van der Waals surface area (Å²) in [4.78, 5) is 24.0. The second-order valence-corrected chi connectivity index (χ2v) is 5.20. The average Bonchev–Trinajstić information content (AvgIpc) is 2.52. The molecule has 24 heavy (non-hydrogen) atoms. The van der Waals surface area contributed by atoms with Crippen LogP contribution in [0.2, 0.25) is 5.02 Å². The van der Waals surface area contributed by atoms with E-state index in [0.29, 0.717) is 0 Å². The molecule has 126 valence electrons. The van der Waals surface area contributed by atoms with E-state index in [-0.39, 0.29) is 35.1 Å². The quantitative estimate of drug-likeness (QED) is 0.667. The molecule has 2 rings (SSSR count). The zero-order chi connectivity index (χ0) is 17.5. The number of amides is 3. The lowest BCUT2D eigenvalue weighted by Crippen LogP contribution is -2.28. The standard InChI is InChI=1S/C16H15ClFN3O3/c17-10-7-11(18)9-12(8-10)20-16(24)21-14-4-2-1-3-13(14)15(23)19-5-6-22/h1-4,7-9,22H,5-6H2,(H,19,23)(H2,20,21,24). The third-order valence-electron chi connectivity index (χ3n) is 2.94. The topological polar surface area (TPSA) is 90.5 Å². The Morgan fingerprint density at radius 1 is 1.12 bits per heavy atom. The number of urea groups is 1. The van der Waals surface area contributed by atoms with Crippen molar-refractivity contribution in [3.05, 3.63) is 58.9 Å². The van der Waals surface area contributed by atoms with Gasteiger partial charge < -0.3 is 21.1 Å². The molecule has 0 aromatic heterocycles. The monoisotopic (exact) mass is 351 g/mol. The fraction of sp³-hybridized carbons (Fsp3) is 0.125. The van der Waals surface area contributed by atoms with Crippen molar-refractivity contribution in [3.8, 4) is 0 Å². The van der Waals surface area contributed by atoms with Crippen LogP contribution in [-0.4, -0.2) is 30.2 Å². The second kappa shape index (κ2) is 8.28. The number of carbonyl (C=O) groups excluding carboxylic acids is 2. The van der Waals surface area contributed by atoms with E-state index in [4.69, 9.17) is 16.7 Å². The molecular formula is C16H15ClFN3O3. The van der Waals surface area contributed by atoms with Crippen LogP contribution in [0.4, 0.5) is 20.6 Å². The molecule has 0 aliphatic carbocycles. The molecule has 0 aliphatic heterocycles. The number of hydrogen-bond acceptors (Lipinski definition) is 3. The molecule has 3 amide bonds. The fourth-order valence-electron chi connectivity index (χ4n) is 1.97. The lowest BCUT2D eigenvalue weighted by atomic mass is 10.1. The maximum atomic E-state index is 13.3. The molecule has 6 nitrogen and oxygen atoms in total. The van der Waals surface area contributed by atoms with Crippen LogP contribution in [0.25, 0.3) is 0 Å². The lowest BCUT2D eigenvalue weighted by Gasteiger charge is -2.12. The van der Waals surface area contributed by atoms with E-state index in [0.717, 1.165) is 12.1 Å². The first-order valence-electron chi connectivity index (χ1n) is 7.02. The van der Waals surface area contributed by atoms with Crippen molar-refractivity contribution in [1.82, 2.24) is 5.32 Å². The SMILES string of the molecule is O=C(Nc1cc(F)cc(Cl)c1)Nc1ccccc1C(=O)NCCO. The number of hydrogen-bond donors (Lipinski definition) is 4. The minimum absolute atomic E-state index is 0.0984. The van der Waals surface area contributed by atoms with Crippen molar-refractivity contribution in [3.63, 3.8) is 0 Å². The van der Waals surface area contributed by atoms with Gasteiger partial charge in [-0.1, -0.05) is 23.7 Å². The van der Waals surface area contributed by atoms with Gasteiger partial charge in [0.2, 0.25) is 0 Å². The number of carbonyl (C=O) groups is 2. The lowest BCUT2D eigenvalue weighted by molar-refractivity contribution is 0.0945. The van der Waals surface area contributed by atoms with Crippen LogP contribution in [0.1, 0.15) is 10.4 Å². The molecule has 0 saturated carbocycles. The van der Waals surface area contributed by atoms with Gasteiger partial charge in [-0.2, -0.15) is 0 Å². The van der Waals surface area contributed by atoms with Crippen LogP contribution >= 0.6 is 11.6 Å². The molecule has 0 bridgehead atoms. The Morgan fingerprint density at radius 2 is 1.88 bits per heavy atom. The Morgan fingerprint density at radius 3 is 2.58 bits per heavy atom. The summed E-state index contributed by atoms with van der Waals surface area (Å²) in [5.41, 5.74) is 0.686. The van der Waals surface area contributed by atoms with E-state index in [1.54, 1.807) is 18.2 Å². The minimum atomic E-state index is -0.654. The normalized spacial score (nSPS) is 10.1. The van der Waals surface area contributed by atoms with Crippen molar-refractivity contribution in [2.75, 3.05) is 23.8 Å². The van der Waals surface area contributed by atoms with Gasteiger partial charge in [-0.05, 0) is 30.3 Å². The van der Waals surface area contributed by atoms with Crippen LogP contribution in [0.3, 0.4) is 0 Å². The summed E-state index contributed by atoms with van der Waals surface area (Å²) in [7, 11) is 0. The number of anilines is 2. The van der Waals surface area contributed by atoms with Gasteiger partial charge in [0.15, 0.2) is 0 Å². The van der Waals surface area contributed by atoms with Crippen molar-refractivity contribution >= 4 is 34.9 Å². The number of aliphatic hydroxyl groups excluding tert-OH is 1. The summed E-state index contributed by atoms with van der Waals surface area (Å²) in [6.07, 6.45) is 0. The van der Waals surface area contributed by atoms with Gasteiger partial charge in [-0.15, -0.1) is 0 Å². The average molecular weight is 352 g/mol. The van der Waals surface area contributed by atoms with Crippen molar-refractivity contribution in [2.24, 2.45) is 0 Å². The van der Waals surface area contributed by atoms with E-state index in [2.05, 4.69) is 16.0 Å². The largest absolute Gasteiger partial charge is 0.395 e. The van der Waals surface area contributed by atoms with Crippen LogP contribution in [0, 0.1) is 5.82 Å². The Bertz CT molecular complexity index is 735. The van der Waals surface area contributed by atoms with Gasteiger partial charge in [-0.25, -0.2) is 9.18 Å². The number of aliphatic hydroxyl groups is 1. The number of benzene rings is 2. The number of rotatable bonds is 5. The molecule has 0 saturated heterocycles. The second-order valence-electron chi connectivity index (χ2n) is 4.76. The Kier molecular flexibility index (Phi) is 6.11. The van der Waals surface area contributed by atoms with Crippen molar-refractivity contribution in [2.45, 2.75) is 0 Å². The first-order chi connectivity index (χ1) is 11.5. The van der Waals surface area contributed by atoms with Gasteiger partial charge in [0, 0.05) is 17.3 Å². The number of nitrogens with one attached hydrogen (secondary N) is 3. The molecule has 0 spiro atoms. The van der Waals surface area contributed by atoms with Gasteiger partial charge in [0.1, 0.15) is 5.82 Å². The predicted octanol–water partition coefficient (Wildman–Crippen LogP) is 2.85. The minimum Gasteiger partial charge on any atom is -0.395 e. The van der Waals surface area contributed by atoms with Crippen LogP contribution in [0.15, 0.2) is 42.5 Å². The molecule has 4 N–H and O–H groups in total. The summed E-state index contributed by atoms with van der Waals surface area (Å²) >= 11 is 5.72. The third kappa shape index (κ3) is 4.94. The summed E-state index contributed by atoms with van der Waals surface area (Å²) in [6.45, 7) is -0.0939. The number of halogens is 2.